The van der Waals surface area contributed by atoms with Gasteiger partial charge >= 0.3 is 35.7 Å². The van der Waals surface area contributed by atoms with Crippen molar-refractivity contribution in [3.63, 3.8) is 0 Å². The number of hydrogen-bond donors (Lipinski definition) is 2. The van der Waals surface area contributed by atoms with Gasteiger partial charge < -0.3 is 38.3 Å². The third-order valence-corrected chi connectivity index (χ3v) is 5.17. The Morgan fingerprint density at radius 3 is 1.78 bits per heavy atom. The zero-order chi connectivity index (χ0) is 36.8. The van der Waals surface area contributed by atoms with Gasteiger partial charge in [0.15, 0.2) is 0 Å². The molecule has 20 heteroatoms. The van der Waals surface area contributed by atoms with Crippen LogP contribution in [-0.2, 0) is 28.6 Å². The van der Waals surface area contributed by atoms with Crippen molar-refractivity contribution in [1.82, 2.24) is 23.8 Å². The Labute approximate surface area is 275 Å². The Hall–Kier alpha value is -6.82. The van der Waals surface area contributed by atoms with E-state index in [-0.39, 0.29) is 47.6 Å². The molecule has 0 saturated carbocycles. The number of hydrogen-bond acceptors (Lipinski definition) is 17. The van der Waals surface area contributed by atoms with Gasteiger partial charge in [-0.15, -0.1) is 0 Å². The number of oxazole rings is 3. The van der Waals surface area contributed by atoms with E-state index in [1.54, 1.807) is 13.8 Å². The van der Waals surface area contributed by atoms with Crippen LogP contribution in [0.1, 0.15) is 54.8 Å². The highest BCUT2D eigenvalue weighted by Gasteiger charge is 2.15. The van der Waals surface area contributed by atoms with Gasteiger partial charge in [0, 0.05) is 0 Å². The van der Waals surface area contributed by atoms with E-state index >= 15 is 0 Å². The molecule has 0 atom stereocenters. The molecule has 262 valence electrons. The largest absolute Gasteiger partial charge is 0.501 e. The molecule has 5 aromatic heterocycles. The summed E-state index contributed by atoms with van der Waals surface area (Å²) in [5, 5.41) is 8.58. The Balaban J connectivity index is 0.000000328. The first-order valence-corrected chi connectivity index (χ1v) is 13.9. The minimum atomic E-state index is -1.30. The van der Waals surface area contributed by atoms with E-state index in [9.17, 15) is 24.0 Å². The molecule has 0 aliphatic heterocycles. The van der Waals surface area contributed by atoms with Crippen LogP contribution in [0.3, 0.4) is 0 Å². The van der Waals surface area contributed by atoms with Crippen LogP contribution in [0.4, 0.5) is 6.01 Å². The zero-order valence-corrected chi connectivity index (χ0v) is 26.6. The molecule has 0 aliphatic rings. The fraction of sp³-hybridized carbons (Fsp3) is 0.276. The first-order valence-electron chi connectivity index (χ1n) is 13.9. The average molecular weight is 689 g/mol. The number of nitrogen functional groups attached to an aromatic ring is 1. The smallest absolute Gasteiger partial charge is 0.373 e. The Morgan fingerprint density at radius 2 is 1.37 bits per heavy atom. The first-order chi connectivity index (χ1) is 23.5. The summed E-state index contributed by atoms with van der Waals surface area (Å²) < 4.78 is 30.9. The Morgan fingerprint density at radius 1 is 0.837 bits per heavy atom. The molecule has 0 fully saturated rings. The summed E-state index contributed by atoms with van der Waals surface area (Å²) in [6.45, 7) is 8.40. The van der Waals surface area contributed by atoms with E-state index in [1.807, 2.05) is 13.8 Å². The standard InChI is InChI=1S/C9H8N2O4.C9H16O3.C7H4N2O4.C3H4N2O.CO2/c1-2-14-8(13)6-5-10-9-11(7(6)12)3-4-15-9;1-4-8(7-11-5-2)9(10)12-6-3;10-5-4(6(11)12)3-8-7-9(5)1-2-13-7;4-3-5-1-2-6-3;2-1-3/h3-5H,2H2,1H3;7H,4-6H2,1-3H3;1-3H,(H,11,12);1-2H,(H2,4,5);/b;8-7-;;;. The summed E-state index contributed by atoms with van der Waals surface area (Å²) in [5.74, 6) is -2.03. The highest BCUT2D eigenvalue weighted by atomic mass is 16.5. The lowest BCUT2D eigenvalue weighted by atomic mass is 10.2. The van der Waals surface area contributed by atoms with Gasteiger partial charge in [0.1, 0.15) is 29.9 Å². The number of carbonyl (C=O) groups excluding carboxylic acids is 4. The lowest BCUT2D eigenvalue weighted by Crippen LogP contribution is -2.23. The van der Waals surface area contributed by atoms with Crippen LogP contribution >= 0.6 is 0 Å². The predicted molar refractivity (Wildman–Crippen MR) is 163 cm³/mol. The van der Waals surface area contributed by atoms with Crippen molar-refractivity contribution >= 4 is 41.8 Å². The number of anilines is 1. The minimum Gasteiger partial charge on any atom is -0.501 e. The topological polar surface area (TPSA) is 280 Å². The van der Waals surface area contributed by atoms with Gasteiger partial charge in [-0.1, -0.05) is 6.92 Å². The van der Waals surface area contributed by atoms with E-state index < -0.39 is 23.1 Å². The summed E-state index contributed by atoms with van der Waals surface area (Å²) in [7, 11) is 0. The molecule has 0 radical (unpaired) electrons. The molecule has 5 aromatic rings. The molecule has 5 rings (SSSR count). The average Bonchev–Trinajstić information content (AvgIpc) is 3.86. The lowest BCUT2D eigenvalue weighted by Gasteiger charge is -2.03. The maximum absolute atomic E-state index is 11.7. The highest BCUT2D eigenvalue weighted by molar-refractivity contribution is 5.89. The summed E-state index contributed by atoms with van der Waals surface area (Å²) in [6.07, 6.45) is 12.7. The second kappa shape index (κ2) is 21.8. The van der Waals surface area contributed by atoms with Gasteiger partial charge in [-0.2, -0.15) is 9.59 Å². The molecular weight excluding hydrogens is 656 g/mol. The van der Waals surface area contributed by atoms with Crippen LogP contribution in [0.15, 0.2) is 84.4 Å². The quantitative estimate of drug-likeness (QED) is 0.134. The molecule has 0 spiro atoms. The molecule has 20 nitrogen and oxygen atoms in total. The molecule has 0 unspecified atom stereocenters. The molecular formula is C29H32N6O14. The number of carbonyl (C=O) groups is 3. The van der Waals surface area contributed by atoms with Gasteiger partial charge in [0.25, 0.3) is 17.1 Å². The van der Waals surface area contributed by atoms with Gasteiger partial charge in [0.05, 0.1) is 62.6 Å². The number of aromatic carboxylic acids is 1. The first kappa shape index (κ1) is 40.2. The van der Waals surface area contributed by atoms with Crippen molar-refractivity contribution in [1.29, 1.82) is 0 Å². The number of fused-ring (bicyclic) bond motifs is 2. The molecule has 0 saturated heterocycles. The number of aromatic nitrogens is 5. The van der Waals surface area contributed by atoms with Crippen molar-refractivity contribution in [3.05, 3.63) is 93.4 Å². The molecule has 49 heavy (non-hydrogen) atoms. The fourth-order valence-corrected chi connectivity index (χ4v) is 3.06. The molecule has 3 N–H and O–H groups in total. The van der Waals surface area contributed by atoms with Gasteiger partial charge in [-0.05, 0) is 27.2 Å². The third kappa shape index (κ3) is 12.8. The van der Waals surface area contributed by atoms with Crippen LogP contribution < -0.4 is 16.9 Å². The van der Waals surface area contributed by atoms with E-state index in [0.717, 1.165) is 21.2 Å². The summed E-state index contributed by atoms with van der Waals surface area (Å²) in [4.78, 5) is 83.1. The molecule has 0 amide bonds. The van der Waals surface area contributed by atoms with Gasteiger partial charge in [0.2, 0.25) is 0 Å². The van der Waals surface area contributed by atoms with E-state index in [2.05, 4.69) is 19.4 Å². The van der Waals surface area contributed by atoms with Crippen LogP contribution in [0, 0.1) is 0 Å². The number of carboxylic acid groups (broad SMARTS) is 1. The molecule has 0 aliphatic carbocycles. The summed E-state index contributed by atoms with van der Waals surface area (Å²) >= 11 is 0. The molecule has 0 bridgehead atoms. The number of esters is 2. The van der Waals surface area contributed by atoms with Crippen molar-refractivity contribution in [3.8, 4) is 0 Å². The summed E-state index contributed by atoms with van der Waals surface area (Å²) in [6, 6.07) is 0.218. The van der Waals surface area contributed by atoms with E-state index in [0.29, 0.717) is 25.2 Å². The van der Waals surface area contributed by atoms with Gasteiger partial charge in [-0.25, -0.2) is 38.1 Å². The van der Waals surface area contributed by atoms with E-state index in [4.69, 9.17) is 43.5 Å². The van der Waals surface area contributed by atoms with Crippen LogP contribution in [0.25, 0.3) is 11.7 Å². The summed E-state index contributed by atoms with van der Waals surface area (Å²) in [5.41, 5.74) is 3.96. The maximum Gasteiger partial charge on any atom is 0.373 e. The minimum absolute atomic E-state index is 0.0787. The highest BCUT2D eigenvalue weighted by Crippen LogP contribution is 2.04. The molecule has 5 heterocycles. The van der Waals surface area contributed by atoms with Crippen molar-refractivity contribution in [2.24, 2.45) is 0 Å². The Bertz CT molecular complexity index is 1950. The number of nitrogens with zero attached hydrogens (tertiary/aromatic N) is 5. The number of carboxylic acids is 1. The maximum atomic E-state index is 11.7. The third-order valence-electron chi connectivity index (χ3n) is 5.17. The van der Waals surface area contributed by atoms with Gasteiger partial charge in [-0.3, -0.25) is 9.59 Å². The van der Waals surface area contributed by atoms with Crippen molar-refractivity contribution in [2.75, 3.05) is 25.6 Å². The number of nitrogens with two attached hydrogens (primary N) is 1. The lowest BCUT2D eigenvalue weighted by molar-refractivity contribution is -0.191. The fourth-order valence-electron chi connectivity index (χ4n) is 3.06. The van der Waals surface area contributed by atoms with Crippen molar-refractivity contribution < 1.29 is 56.5 Å². The zero-order valence-electron chi connectivity index (χ0n) is 26.6. The van der Waals surface area contributed by atoms with Crippen LogP contribution in [0.5, 0.6) is 0 Å². The number of rotatable bonds is 8. The second-order valence-electron chi connectivity index (χ2n) is 8.22. The normalized spacial score (nSPS) is 9.92. The van der Waals surface area contributed by atoms with Crippen molar-refractivity contribution in [2.45, 2.75) is 34.1 Å². The predicted octanol–water partition coefficient (Wildman–Crippen LogP) is 2.00. The Kier molecular flexibility index (Phi) is 17.9. The van der Waals surface area contributed by atoms with Crippen LogP contribution in [-0.4, -0.2) is 72.7 Å². The second-order valence-corrected chi connectivity index (χ2v) is 8.22. The van der Waals surface area contributed by atoms with E-state index in [1.165, 1.54) is 43.6 Å². The molecule has 0 aromatic carbocycles. The SMILES string of the molecule is CCO/C=C(/CC)C(=O)OCC.CCOC(=O)c1cnc2occn2c1=O.Nc1ncco1.O=C(O)c1cnc2occn2c1=O.O=C=O. The van der Waals surface area contributed by atoms with Crippen LogP contribution in [0.2, 0.25) is 0 Å². The number of ether oxygens (including phenoxy) is 3. The monoisotopic (exact) mass is 688 g/mol.